The summed E-state index contributed by atoms with van der Waals surface area (Å²) in [6, 6.07) is 1.78. The highest BCUT2D eigenvalue weighted by Gasteiger charge is 2.39. The van der Waals surface area contributed by atoms with Gasteiger partial charge >= 0.3 is 5.97 Å². The summed E-state index contributed by atoms with van der Waals surface area (Å²) in [5.74, 6) is 6.00. The average molecular weight is 446 g/mol. The number of hydrogen-bond donors (Lipinski definition) is 1. The topological polar surface area (TPSA) is 66.8 Å². The van der Waals surface area contributed by atoms with Gasteiger partial charge in [-0.1, -0.05) is 18.8 Å². The fraction of sp³-hybridized carbons (Fsp3) is 0.680. The van der Waals surface area contributed by atoms with Crippen molar-refractivity contribution in [3.63, 3.8) is 0 Å². The zero-order chi connectivity index (χ0) is 22.8. The summed E-state index contributed by atoms with van der Waals surface area (Å²) in [6.45, 7) is 8.31. The molecular formula is C25H35NO4S. The van der Waals surface area contributed by atoms with Crippen molar-refractivity contribution in [1.82, 2.24) is 0 Å². The Kier molecular flexibility index (Phi) is 7.49. The van der Waals surface area contributed by atoms with E-state index in [1.54, 1.807) is 7.11 Å². The van der Waals surface area contributed by atoms with Gasteiger partial charge in [-0.25, -0.2) is 4.79 Å². The molecule has 1 N–H and O–H groups in total. The number of anilines is 1. The lowest BCUT2D eigenvalue weighted by Crippen LogP contribution is -2.44. The van der Waals surface area contributed by atoms with Crippen LogP contribution in [0.1, 0.15) is 87.2 Å². The van der Waals surface area contributed by atoms with Crippen molar-refractivity contribution < 1.29 is 19.4 Å². The van der Waals surface area contributed by atoms with E-state index in [-0.39, 0.29) is 34.3 Å². The molecule has 170 valence electrons. The number of ether oxygens (including phenoxy) is 1. The standard InChI is InChI=1S/C25H35NO4S/c1-16-6-8-17(9-7-16)23(27)26(18-10-11-19(14-18)30-5)21-15-20(12-13-25(2,3)4)31-22(21)24(28)29/h15-19H,6-11,14H2,1-5H3,(H,28,29)/t16?,17?,18-,19-/m0/s1. The van der Waals surface area contributed by atoms with Gasteiger partial charge in [-0.2, -0.15) is 0 Å². The highest BCUT2D eigenvalue weighted by atomic mass is 32.1. The van der Waals surface area contributed by atoms with Gasteiger partial charge in [0.25, 0.3) is 0 Å². The normalized spacial score (nSPS) is 26.2. The second kappa shape index (κ2) is 9.75. The number of nitrogens with zero attached hydrogens (tertiary/aromatic N) is 1. The third kappa shape index (κ3) is 5.90. The van der Waals surface area contributed by atoms with Crippen LogP contribution in [0.25, 0.3) is 0 Å². The van der Waals surface area contributed by atoms with Crippen molar-refractivity contribution in [3.05, 3.63) is 15.8 Å². The molecule has 0 aliphatic heterocycles. The first-order valence-corrected chi connectivity index (χ1v) is 12.2. The van der Waals surface area contributed by atoms with Crippen molar-refractivity contribution in [3.8, 4) is 11.8 Å². The summed E-state index contributed by atoms with van der Waals surface area (Å²) in [4.78, 5) is 28.6. The van der Waals surface area contributed by atoms with Crippen LogP contribution in [0.4, 0.5) is 5.69 Å². The molecule has 0 saturated heterocycles. The summed E-state index contributed by atoms with van der Waals surface area (Å²) >= 11 is 1.17. The van der Waals surface area contributed by atoms with Gasteiger partial charge in [0, 0.05) is 24.5 Å². The van der Waals surface area contributed by atoms with E-state index in [1.807, 2.05) is 31.7 Å². The number of carboxylic acids is 1. The van der Waals surface area contributed by atoms with Crippen molar-refractivity contribution in [2.75, 3.05) is 12.0 Å². The van der Waals surface area contributed by atoms with Crippen molar-refractivity contribution in [1.29, 1.82) is 0 Å². The lowest BCUT2D eigenvalue weighted by Gasteiger charge is -2.34. The highest BCUT2D eigenvalue weighted by molar-refractivity contribution is 7.15. The van der Waals surface area contributed by atoms with Gasteiger partial charge < -0.3 is 14.7 Å². The molecule has 5 nitrogen and oxygen atoms in total. The minimum absolute atomic E-state index is 0.0343. The molecule has 0 aromatic carbocycles. The molecule has 0 bridgehead atoms. The largest absolute Gasteiger partial charge is 0.477 e. The van der Waals surface area contributed by atoms with E-state index >= 15 is 0 Å². The van der Waals surface area contributed by atoms with E-state index in [2.05, 4.69) is 18.8 Å². The summed E-state index contributed by atoms with van der Waals surface area (Å²) in [7, 11) is 1.70. The first-order valence-electron chi connectivity index (χ1n) is 11.3. The molecule has 0 spiro atoms. The Hall–Kier alpha value is -1.84. The summed E-state index contributed by atoms with van der Waals surface area (Å²) in [5, 5.41) is 9.92. The quantitative estimate of drug-likeness (QED) is 0.602. The third-order valence-corrected chi connectivity index (χ3v) is 7.41. The molecular weight excluding hydrogens is 410 g/mol. The van der Waals surface area contributed by atoms with E-state index in [1.165, 1.54) is 11.3 Å². The predicted octanol–water partition coefficient (Wildman–Crippen LogP) is 5.57. The molecule has 0 radical (unpaired) electrons. The molecule has 31 heavy (non-hydrogen) atoms. The zero-order valence-corrected chi connectivity index (χ0v) is 20.2. The number of carboxylic acid groups (broad SMARTS) is 1. The monoisotopic (exact) mass is 445 g/mol. The number of rotatable bonds is 5. The SMILES string of the molecule is CO[C@H]1CC[C@H](N(C(=O)C2CCC(C)CC2)c2cc(C#CC(C)(C)C)sc2C(=O)O)C1. The van der Waals surface area contributed by atoms with Crippen LogP contribution in [0.2, 0.25) is 0 Å². The lowest BCUT2D eigenvalue weighted by molar-refractivity contribution is -0.124. The van der Waals surface area contributed by atoms with E-state index in [0.29, 0.717) is 16.5 Å². The van der Waals surface area contributed by atoms with Crippen LogP contribution in [0.15, 0.2) is 6.07 Å². The van der Waals surface area contributed by atoms with Gasteiger partial charge in [0.2, 0.25) is 5.91 Å². The fourth-order valence-corrected chi connectivity index (χ4v) is 5.43. The Labute approximate surface area is 190 Å². The van der Waals surface area contributed by atoms with Gasteiger partial charge in [-0.15, -0.1) is 11.3 Å². The minimum Gasteiger partial charge on any atom is -0.477 e. The van der Waals surface area contributed by atoms with Gasteiger partial charge in [0.15, 0.2) is 0 Å². The van der Waals surface area contributed by atoms with Crippen LogP contribution in [0.5, 0.6) is 0 Å². The molecule has 2 saturated carbocycles. The van der Waals surface area contributed by atoms with Gasteiger partial charge in [0.1, 0.15) is 4.88 Å². The minimum atomic E-state index is -1.000. The number of methoxy groups -OCH3 is 1. The zero-order valence-electron chi connectivity index (χ0n) is 19.4. The van der Waals surface area contributed by atoms with Crippen LogP contribution < -0.4 is 4.90 Å². The Bertz CT molecular complexity index is 864. The number of carbonyl (C=O) groups excluding carboxylic acids is 1. The molecule has 1 amide bonds. The predicted molar refractivity (Wildman–Crippen MR) is 125 cm³/mol. The average Bonchev–Trinajstić information content (AvgIpc) is 3.34. The van der Waals surface area contributed by atoms with E-state index < -0.39 is 5.97 Å². The maximum atomic E-state index is 13.7. The highest BCUT2D eigenvalue weighted by Crippen LogP contribution is 2.39. The van der Waals surface area contributed by atoms with Crippen molar-refractivity contribution in [2.45, 2.75) is 84.8 Å². The van der Waals surface area contributed by atoms with Crippen molar-refractivity contribution >= 4 is 28.9 Å². The van der Waals surface area contributed by atoms with Crippen molar-refractivity contribution in [2.24, 2.45) is 17.3 Å². The smallest absolute Gasteiger partial charge is 0.348 e. The van der Waals surface area contributed by atoms with Crippen LogP contribution in [-0.4, -0.2) is 36.2 Å². The third-order valence-electron chi connectivity index (χ3n) is 6.38. The Morgan fingerprint density at radius 3 is 2.39 bits per heavy atom. The van der Waals surface area contributed by atoms with Gasteiger partial charge in [-0.3, -0.25) is 4.79 Å². The molecule has 2 aliphatic rings. The van der Waals surface area contributed by atoms with E-state index in [9.17, 15) is 14.7 Å². The second-order valence-electron chi connectivity index (χ2n) is 10.1. The first-order chi connectivity index (χ1) is 14.6. The van der Waals surface area contributed by atoms with Gasteiger partial charge in [-0.05, 0) is 77.7 Å². The number of hydrogen-bond acceptors (Lipinski definition) is 4. The Morgan fingerprint density at radius 2 is 1.84 bits per heavy atom. The molecule has 6 heteroatoms. The molecule has 2 atom stereocenters. The summed E-state index contributed by atoms with van der Waals surface area (Å²) < 4.78 is 5.55. The van der Waals surface area contributed by atoms with Gasteiger partial charge in [0.05, 0.1) is 16.7 Å². The number of aromatic carboxylic acids is 1. The summed E-state index contributed by atoms with van der Waals surface area (Å²) in [6.07, 6.45) is 6.41. The lowest BCUT2D eigenvalue weighted by atomic mass is 9.82. The van der Waals surface area contributed by atoms with Crippen LogP contribution in [-0.2, 0) is 9.53 Å². The molecule has 3 rings (SSSR count). The molecule has 2 fully saturated rings. The molecule has 0 unspecified atom stereocenters. The van der Waals surface area contributed by atoms with Crippen LogP contribution in [0.3, 0.4) is 0 Å². The number of amides is 1. The van der Waals surface area contributed by atoms with E-state index in [0.717, 1.165) is 44.9 Å². The maximum Gasteiger partial charge on any atom is 0.348 e. The molecule has 1 aromatic rings. The van der Waals surface area contributed by atoms with E-state index in [4.69, 9.17) is 4.74 Å². The Morgan fingerprint density at radius 1 is 1.16 bits per heavy atom. The summed E-state index contributed by atoms with van der Waals surface area (Å²) in [5.41, 5.74) is 0.333. The van der Waals surface area contributed by atoms with Crippen LogP contribution >= 0.6 is 11.3 Å². The molecule has 2 aliphatic carbocycles. The first kappa shape index (κ1) is 23.8. The Balaban J connectivity index is 2.00. The number of carbonyl (C=O) groups is 2. The molecule has 1 aromatic heterocycles. The van der Waals surface area contributed by atoms with Crippen LogP contribution in [0, 0.1) is 29.1 Å². The fourth-order valence-electron chi connectivity index (χ4n) is 4.59. The maximum absolute atomic E-state index is 13.7. The number of thiophene rings is 1. The molecule has 1 heterocycles. The second-order valence-corrected chi connectivity index (χ2v) is 11.2.